The minimum absolute atomic E-state index is 0.743. The van der Waals surface area contributed by atoms with Crippen molar-refractivity contribution in [2.45, 2.75) is 18.7 Å². The van der Waals surface area contributed by atoms with Gasteiger partial charge in [0.15, 0.2) is 0 Å². The Morgan fingerprint density at radius 3 is 2.30 bits per heavy atom. The first-order chi connectivity index (χ1) is 9.72. The predicted molar refractivity (Wildman–Crippen MR) is 85.9 cm³/mol. The van der Waals surface area contributed by atoms with Crippen LogP contribution in [-0.2, 0) is 16.5 Å². The van der Waals surface area contributed by atoms with E-state index < -0.39 is 0 Å². The summed E-state index contributed by atoms with van der Waals surface area (Å²) in [5.41, 5.74) is 3.65. The number of ether oxygens (including phenoxy) is 2. The van der Waals surface area contributed by atoms with Gasteiger partial charge in [-0.05, 0) is 48.2 Å². The van der Waals surface area contributed by atoms with Gasteiger partial charge in [0.1, 0.15) is 11.5 Å². The number of aryl methyl sites for hydroxylation is 1. The lowest BCUT2D eigenvalue weighted by Gasteiger charge is -2.10. The minimum Gasteiger partial charge on any atom is -0.457 e. The third-order valence-corrected chi connectivity index (χ3v) is 3.79. The summed E-state index contributed by atoms with van der Waals surface area (Å²) in [4.78, 5) is 0. The maximum absolute atomic E-state index is 5.92. The van der Waals surface area contributed by atoms with Gasteiger partial charge in [-0.1, -0.05) is 40.2 Å². The Labute approximate surface area is 128 Å². The van der Waals surface area contributed by atoms with Crippen LogP contribution in [0.15, 0.2) is 42.5 Å². The number of halogens is 1. The summed E-state index contributed by atoms with van der Waals surface area (Å²) in [6, 6.07) is 14.4. The molecule has 0 N–H and O–H groups in total. The molecule has 0 heterocycles. The lowest BCUT2D eigenvalue weighted by molar-refractivity contribution is 0.202. The van der Waals surface area contributed by atoms with Crippen LogP contribution < -0.4 is 4.74 Å². The van der Waals surface area contributed by atoms with Gasteiger partial charge in [0, 0.05) is 12.4 Å². The van der Waals surface area contributed by atoms with Crippen LogP contribution >= 0.6 is 15.9 Å². The summed E-state index contributed by atoms with van der Waals surface area (Å²) in [7, 11) is 1.72. The number of hydrogen-bond donors (Lipinski definition) is 0. The Kier molecular flexibility index (Phi) is 5.62. The maximum atomic E-state index is 5.92. The smallest absolute Gasteiger partial charge is 0.130 e. The quantitative estimate of drug-likeness (QED) is 0.701. The second-order valence-electron chi connectivity index (χ2n) is 4.72. The molecule has 0 saturated heterocycles. The number of hydrogen-bond acceptors (Lipinski definition) is 2. The Balaban J connectivity index is 2.06. The number of methoxy groups -OCH3 is 1. The van der Waals surface area contributed by atoms with E-state index in [1.807, 2.05) is 18.2 Å². The first-order valence-corrected chi connectivity index (χ1v) is 7.76. The summed E-state index contributed by atoms with van der Waals surface area (Å²) >= 11 is 3.46. The van der Waals surface area contributed by atoms with Crippen LogP contribution in [0.2, 0.25) is 0 Å². The van der Waals surface area contributed by atoms with Gasteiger partial charge in [-0.25, -0.2) is 0 Å². The Morgan fingerprint density at radius 2 is 1.70 bits per heavy atom. The van der Waals surface area contributed by atoms with E-state index in [0.29, 0.717) is 0 Å². The van der Waals surface area contributed by atoms with E-state index in [-0.39, 0.29) is 0 Å². The van der Waals surface area contributed by atoms with Crippen LogP contribution in [-0.4, -0.2) is 13.7 Å². The van der Waals surface area contributed by atoms with E-state index in [0.717, 1.165) is 35.4 Å². The molecule has 0 fully saturated rings. The number of rotatable bonds is 6. The van der Waals surface area contributed by atoms with Crippen molar-refractivity contribution in [3.8, 4) is 11.5 Å². The molecular weight excluding hydrogens is 316 g/mol. The van der Waals surface area contributed by atoms with Crippen molar-refractivity contribution < 1.29 is 9.47 Å². The van der Waals surface area contributed by atoms with Crippen molar-refractivity contribution in [2.24, 2.45) is 0 Å². The van der Waals surface area contributed by atoms with E-state index in [1.54, 1.807) is 7.11 Å². The molecule has 2 aromatic rings. The van der Waals surface area contributed by atoms with Gasteiger partial charge >= 0.3 is 0 Å². The second-order valence-corrected chi connectivity index (χ2v) is 5.28. The molecule has 0 amide bonds. The standard InChI is InChI=1S/C17H19BrO2/c1-13-11-15(12-18)5-8-17(13)20-16-6-3-14(4-7-16)9-10-19-2/h3-8,11H,9-10,12H2,1-2H3. The van der Waals surface area contributed by atoms with Crippen LogP contribution in [0.25, 0.3) is 0 Å². The van der Waals surface area contributed by atoms with Gasteiger partial charge in [-0.2, -0.15) is 0 Å². The molecule has 106 valence electrons. The fourth-order valence-corrected chi connectivity index (χ4v) is 2.33. The zero-order valence-corrected chi connectivity index (χ0v) is 13.4. The average Bonchev–Trinajstić information content (AvgIpc) is 2.48. The first kappa shape index (κ1) is 15.1. The van der Waals surface area contributed by atoms with E-state index in [9.17, 15) is 0 Å². The minimum atomic E-state index is 0.743. The highest BCUT2D eigenvalue weighted by Crippen LogP contribution is 2.26. The Hall–Kier alpha value is -1.32. The van der Waals surface area contributed by atoms with E-state index in [4.69, 9.17) is 9.47 Å². The summed E-state index contributed by atoms with van der Waals surface area (Å²) in [5.74, 6) is 1.76. The Morgan fingerprint density at radius 1 is 1.00 bits per heavy atom. The SMILES string of the molecule is COCCc1ccc(Oc2ccc(CBr)cc2C)cc1. The molecule has 0 bridgehead atoms. The summed E-state index contributed by atoms with van der Waals surface area (Å²) in [6.45, 7) is 2.81. The van der Waals surface area contributed by atoms with Crippen molar-refractivity contribution in [2.75, 3.05) is 13.7 Å². The molecule has 0 aliphatic carbocycles. The molecule has 0 atom stereocenters. The van der Waals surface area contributed by atoms with Crippen molar-refractivity contribution >= 4 is 15.9 Å². The molecule has 0 unspecified atom stereocenters. The lowest BCUT2D eigenvalue weighted by atomic mass is 10.1. The number of benzene rings is 2. The normalized spacial score (nSPS) is 10.6. The van der Waals surface area contributed by atoms with Crippen molar-refractivity contribution in [3.63, 3.8) is 0 Å². The van der Waals surface area contributed by atoms with Gasteiger partial charge < -0.3 is 9.47 Å². The van der Waals surface area contributed by atoms with Crippen LogP contribution in [0.1, 0.15) is 16.7 Å². The summed E-state index contributed by atoms with van der Waals surface area (Å²) in [5, 5.41) is 0.863. The molecule has 20 heavy (non-hydrogen) atoms. The van der Waals surface area contributed by atoms with Gasteiger partial charge in [0.2, 0.25) is 0 Å². The van der Waals surface area contributed by atoms with Crippen LogP contribution in [0.4, 0.5) is 0 Å². The highest BCUT2D eigenvalue weighted by molar-refractivity contribution is 9.08. The van der Waals surface area contributed by atoms with Crippen molar-refractivity contribution in [3.05, 3.63) is 59.2 Å². The van der Waals surface area contributed by atoms with Crippen LogP contribution in [0, 0.1) is 6.92 Å². The first-order valence-electron chi connectivity index (χ1n) is 6.64. The van der Waals surface area contributed by atoms with Crippen LogP contribution in [0.3, 0.4) is 0 Å². The highest BCUT2D eigenvalue weighted by Gasteiger charge is 2.03. The topological polar surface area (TPSA) is 18.5 Å². The monoisotopic (exact) mass is 334 g/mol. The van der Waals surface area contributed by atoms with Crippen LogP contribution in [0.5, 0.6) is 11.5 Å². The average molecular weight is 335 g/mol. The van der Waals surface area contributed by atoms with Gasteiger partial charge in [0.05, 0.1) is 6.61 Å². The van der Waals surface area contributed by atoms with Crippen molar-refractivity contribution in [1.29, 1.82) is 0 Å². The zero-order valence-electron chi connectivity index (χ0n) is 11.9. The van der Waals surface area contributed by atoms with Gasteiger partial charge in [-0.3, -0.25) is 0 Å². The van der Waals surface area contributed by atoms with E-state index in [2.05, 4.69) is 47.1 Å². The largest absolute Gasteiger partial charge is 0.457 e. The van der Waals surface area contributed by atoms with Crippen molar-refractivity contribution in [1.82, 2.24) is 0 Å². The molecule has 0 aromatic heterocycles. The molecule has 0 radical (unpaired) electrons. The summed E-state index contributed by atoms with van der Waals surface area (Å²) in [6.07, 6.45) is 0.926. The van der Waals surface area contributed by atoms with E-state index >= 15 is 0 Å². The predicted octanol–water partition coefficient (Wildman–Crippen LogP) is 4.87. The molecule has 2 rings (SSSR count). The number of alkyl halides is 1. The molecule has 0 saturated carbocycles. The fraction of sp³-hybridized carbons (Fsp3) is 0.294. The van der Waals surface area contributed by atoms with Gasteiger partial charge in [-0.15, -0.1) is 0 Å². The molecule has 0 spiro atoms. The fourth-order valence-electron chi connectivity index (χ4n) is 1.98. The molecule has 0 aliphatic heterocycles. The summed E-state index contributed by atoms with van der Waals surface area (Å²) < 4.78 is 11.0. The Bertz CT molecular complexity index is 549. The third kappa shape index (κ3) is 4.09. The molecule has 2 nitrogen and oxygen atoms in total. The third-order valence-electron chi connectivity index (χ3n) is 3.14. The highest BCUT2D eigenvalue weighted by atomic mass is 79.9. The molecule has 3 heteroatoms. The zero-order chi connectivity index (χ0) is 14.4. The lowest BCUT2D eigenvalue weighted by Crippen LogP contribution is -1.94. The maximum Gasteiger partial charge on any atom is 0.130 e. The second kappa shape index (κ2) is 7.46. The van der Waals surface area contributed by atoms with E-state index in [1.165, 1.54) is 11.1 Å². The van der Waals surface area contributed by atoms with Gasteiger partial charge in [0.25, 0.3) is 0 Å². The molecule has 2 aromatic carbocycles. The molecular formula is C17H19BrO2. The molecule has 0 aliphatic rings.